The number of hydrogen-bond acceptors (Lipinski definition) is 3. The molecule has 5 heteroatoms. The van der Waals surface area contributed by atoms with E-state index in [0.717, 1.165) is 5.69 Å². The number of amides is 1. The first-order chi connectivity index (χ1) is 6.22. The van der Waals surface area contributed by atoms with E-state index >= 15 is 0 Å². The van der Waals surface area contributed by atoms with Crippen LogP contribution in [-0.4, -0.2) is 22.5 Å². The Kier molecular flexibility index (Phi) is 3.31. The Morgan fingerprint density at radius 1 is 1.77 bits per heavy atom. The fourth-order valence-corrected chi connectivity index (χ4v) is 0.902. The van der Waals surface area contributed by atoms with Gasteiger partial charge in [0.25, 0.3) is 0 Å². The van der Waals surface area contributed by atoms with Crippen LogP contribution in [0.25, 0.3) is 0 Å². The van der Waals surface area contributed by atoms with Crippen molar-refractivity contribution >= 4 is 6.09 Å². The van der Waals surface area contributed by atoms with Gasteiger partial charge in [-0.3, -0.25) is 4.68 Å². The predicted octanol–water partition coefficient (Wildman–Crippen LogP) is 0.666. The Labute approximate surface area is 76.7 Å². The molecule has 0 aromatic carbocycles. The van der Waals surface area contributed by atoms with Gasteiger partial charge in [0.05, 0.1) is 18.8 Å². The van der Waals surface area contributed by atoms with Crippen LogP contribution in [0.1, 0.15) is 12.6 Å². The first-order valence-electron chi connectivity index (χ1n) is 4.11. The second-order valence-corrected chi connectivity index (χ2v) is 2.55. The molecule has 0 saturated carbocycles. The zero-order valence-corrected chi connectivity index (χ0v) is 7.78. The van der Waals surface area contributed by atoms with Gasteiger partial charge in [-0.1, -0.05) is 0 Å². The molecule has 0 bridgehead atoms. The van der Waals surface area contributed by atoms with Crippen LogP contribution in [0.3, 0.4) is 0 Å². The van der Waals surface area contributed by atoms with Gasteiger partial charge in [-0.25, -0.2) is 4.79 Å². The molecule has 0 aliphatic heterocycles. The van der Waals surface area contributed by atoms with Crippen LogP contribution in [0.15, 0.2) is 12.3 Å². The lowest BCUT2D eigenvalue weighted by Crippen LogP contribution is -2.23. The van der Waals surface area contributed by atoms with Crippen molar-refractivity contribution in [1.29, 1.82) is 0 Å². The van der Waals surface area contributed by atoms with Crippen LogP contribution in [0, 0.1) is 0 Å². The number of ether oxygens (including phenoxy) is 1. The topological polar surface area (TPSA) is 56.1 Å². The molecule has 1 aromatic heterocycles. The molecule has 1 aromatic rings. The lowest BCUT2D eigenvalue weighted by molar-refractivity contribution is 0.151. The van der Waals surface area contributed by atoms with E-state index in [-0.39, 0.29) is 0 Å². The highest BCUT2D eigenvalue weighted by Gasteiger charge is 2.01. The molecule has 0 saturated heterocycles. The second-order valence-electron chi connectivity index (χ2n) is 2.55. The summed E-state index contributed by atoms with van der Waals surface area (Å²) in [5, 5.41) is 6.67. The van der Waals surface area contributed by atoms with Gasteiger partial charge >= 0.3 is 6.09 Å². The molecule has 0 spiro atoms. The molecule has 0 fully saturated rings. The number of carbonyl (C=O) groups is 1. The van der Waals surface area contributed by atoms with Crippen LogP contribution in [0.2, 0.25) is 0 Å². The van der Waals surface area contributed by atoms with Crippen LogP contribution >= 0.6 is 0 Å². The molecular formula is C8H13N3O2. The van der Waals surface area contributed by atoms with Gasteiger partial charge in [-0.15, -0.1) is 0 Å². The SMILES string of the molecule is CCOC(=O)NCc1ccn(C)n1. The number of nitrogens with zero attached hydrogens (tertiary/aromatic N) is 2. The summed E-state index contributed by atoms with van der Waals surface area (Å²) in [5.41, 5.74) is 0.815. The highest BCUT2D eigenvalue weighted by Crippen LogP contribution is 1.92. The molecular weight excluding hydrogens is 170 g/mol. The Hall–Kier alpha value is -1.52. The maximum absolute atomic E-state index is 10.9. The van der Waals surface area contributed by atoms with Crippen LogP contribution in [-0.2, 0) is 18.3 Å². The Morgan fingerprint density at radius 2 is 2.54 bits per heavy atom. The standard InChI is InChI=1S/C8H13N3O2/c1-3-13-8(12)9-6-7-4-5-11(2)10-7/h4-5H,3,6H2,1-2H3,(H,9,12). The van der Waals surface area contributed by atoms with E-state index in [1.807, 2.05) is 19.3 Å². The highest BCUT2D eigenvalue weighted by atomic mass is 16.5. The van der Waals surface area contributed by atoms with Crippen LogP contribution in [0.4, 0.5) is 4.79 Å². The van der Waals surface area contributed by atoms with Crippen molar-refractivity contribution in [3.8, 4) is 0 Å². The molecule has 0 atom stereocenters. The molecule has 1 rings (SSSR count). The lowest BCUT2D eigenvalue weighted by Gasteiger charge is -2.02. The number of aryl methyl sites for hydroxylation is 1. The molecule has 0 aliphatic rings. The minimum Gasteiger partial charge on any atom is -0.450 e. The number of carbonyl (C=O) groups excluding carboxylic acids is 1. The van der Waals surface area contributed by atoms with E-state index in [0.29, 0.717) is 13.2 Å². The van der Waals surface area contributed by atoms with Gasteiger partial charge in [0, 0.05) is 13.2 Å². The summed E-state index contributed by atoms with van der Waals surface area (Å²) in [6, 6.07) is 1.84. The first kappa shape index (κ1) is 9.57. The maximum Gasteiger partial charge on any atom is 0.407 e. The minimum absolute atomic E-state index is 0.383. The summed E-state index contributed by atoms with van der Waals surface area (Å²) in [6.45, 7) is 2.55. The van der Waals surface area contributed by atoms with Crippen molar-refractivity contribution in [3.05, 3.63) is 18.0 Å². The number of alkyl carbamates (subject to hydrolysis) is 1. The third kappa shape index (κ3) is 3.14. The Balaban J connectivity index is 2.30. The van der Waals surface area contributed by atoms with E-state index in [2.05, 4.69) is 15.2 Å². The van der Waals surface area contributed by atoms with Crippen LogP contribution in [0.5, 0.6) is 0 Å². The zero-order valence-electron chi connectivity index (χ0n) is 7.78. The number of aromatic nitrogens is 2. The summed E-state index contributed by atoms with van der Waals surface area (Å²) in [7, 11) is 1.83. The van der Waals surface area contributed by atoms with E-state index < -0.39 is 6.09 Å². The summed E-state index contributed by atoms with van der Waals surface area (Å²) in [5.74, 6) is 0. The molecule has 0 radical (unpaired) electrons. The van der Waals surface area contributed by atoms with E-state index in [1.54, 1.807) is 11.6 Å². The number of nitrogens with one attached hydrogen (secondary N) is 1. The van der Waals surface area contributed by atoms with Crippen molar-refractivity contribution in [2.45, 2.75) is 13.5 Å². The smallest absolute Gasteiger partial charge is 0.407 e. The summed E-state index contributed by atoms with van der Waals surface area (Å²) in [4.78, 5) is 10.9. The predicted molar refractivity (Wildman–Crippen MR) is 47.1 cm³/mol. The Bertz CT molecular complexity index is 283. The molecule has 5 nitrogen and oxygen atoms in total. The van der Waals surface area contributed by atoms with Gasteiger partial charge < -0.3 is 10.1 Å². The van der Waals surface area contributed by atoms with Crippen molar-refractivity contribution in [3.63, 3.8) is 0 Å². The van der Waals surface area contributed by atoms with Crippen LogP contribution < -0.4 is 5.32 Å². The average Bonchev–Trinajstić information content (AvgIpc) is 2.49. The van der Waals surface area contributed by atoms with Gasteiger partial charge in [0.15, 0.2) is 0 Å². The monoisotopic (exact) mass is 183 g/mol. The zero-order chi connectivity index (χ0) is 9.68. The van der Waals surface area contributed by atoms with Crippen molar-refractivity contribution < 1.29 is 9.53 Å². The average molecular weight is 183 g/mol. The first-order valence-corrected chi connectivity index (χ1v) is 4.11. The van der Waals surface area contributed by atoms with Gasteiger partial charge in [0.2, 0.25) is 0 Å². The van der Waals surface area contributed by atoms with E-state index in [9.17, 15) is 4.79 Å². The Morgan fingerprint density at radius 3 is 3.08 bits per heavy atom. The summed E-state index contributed by atoms with van der Waals surface area (Å²) < 4.78 is 6.37. The van der Waals surface area contributed by atoms with Gasteiger partial charge in [-0.05, 0) is 13.0 Å². The summed E-state index contributed by atoms with van der Waals surface area (Å²) in [6.07, 6.45) is 1.41. The van der Waals surface area contributed by atoms with Crippen molar-refractivity contribution in [1.82, 2.24) is 15.1 Å². The fourth-order valence-electron chi connectivity index (χ4n) is 0.902. The van der Waals surface area contributed by atoms with Crippen molar-refractivity contribution in [2.24, 2.45) is 7.05 Å². The second kappa shape index (κ2) is 4.49. The van der Waals surface area contributed by atoms with E-state index in [1.165, 1.54) is 0 Å². The molecule has 1 amide bonds. The molecule has 0 aliphatic carbocycles. The van der Waals surface area contributed by atoms with Gasteiger partial charge in [0.1, 0.15) is 0 Å². The third-order valence-electron chi connectivity index (χ3n) is 1.46. The van der Waals surface area contributed by atoms with Gasteiger partial charge in [-0.2, -0.15) is 5.10 Å². The molecule has 72 valence electrons. The number of rotatable bonds is 3. The highest BCUT2D eigenvalue weighted by molar-refractivity contribution is 5.66. The lowest BCUT2D eigenvalue weighted by atomic mass is 10.4. The number of hydrogen-bond donors (Lipinski definition) is 1. The molecule has 1 heterocycles. The van der Waals surface area contributed by atoms with E-state index in [4.69, 9.17) is 0 Å². The molecule has 13 heavy (non-hydrogen) atoms. The third-order valence-corrected chi connectivity index (χ3v) is 1.46. The maximum atomic E-state index is 10.9. The van der Waals surface area contributed by atoms with Crippen molar-refractivity contribution in [2.75, 3.05) is 6.61 Å². The molecule has 1 N–H and O–H groups in total. The fraction of sp³-hybridized carbons (Fsp3) is 0.500. The normalized spacial score (nSPS) is 9.69. The quantitative estimate of drug-likeness (QED) is 0.749. The molecule has 0 unspecified atom stereocenters. The minimum atomic E-state index is -0.409. The largest absolute Gasteiger partial charge is 0.450 e. The summed E-state index contributed by atoms with van der Waals surface area (Å²) >= 11 is 0.